The van der Waals surface area contributed by atoms with E-state index in [2.05, 4.69) is 9.97 Å². The lowest BCUT2D eigenvalue weighted by molar-refractivity contribution is -0.118. The molecule has 1 aromatic heterocycles. The lowest BCUT2D eigenvalue weighted by Crippen LogP contribution is -2.28. The molecule has 2 saturated heterocycles. The summed E-state index contributed by atoms with van der Waals surface area (Å²) in [4.78, 5) is 37.4. The SMILES string of the molecule is N#CCOc1cccc([C@H]2CCC(=O)N2c2ccc(Oc3ccc(Cl)cc3)cc2)c1.O=C1CC[C@H](c2cccc(OCCO)c2)N1c1cnc(Oc2ccc(Cl)cc2)cn1. The molecular weight excluding hydrogens is 805 g/mol. The van der Waals surface area contributed by atoms with Gasteiger partial charge in [0.25, 0.3) is 0 Å². The fourth-order valence-corrected chi connectivity index (χ4v) is 7.19. The van der Waals surface area contributed by atoms with Gasteiger partial charge in [-0.1, -0.05) is 47.5 Å². The molecule has 12 nitrogen and oxygen atoms in total. The zero-order valence-electron chi connectivity index (χ0n) is 32.2. The minimum absolute atomic E-state index is 0.00809. The van der Waals surface area contributed by atoms with Crippen LogP contribution in [-0.2, 0) is 9.59 Å². The zero-order valence-corrected chi connectivity index (χ0v) is 33.7. The topological polar surface area (TPSA) is 147 Å². The molecule has 0 bridgehead atoms. The van der Waals surface area contributed by atoms with Crippen molar-refractivity contribution >= 4 is 46.5 Å². The molecular formula is C46H39Cl2N5O7. The minimum atomic E-state index is -0.160. The van der Waals surface area contributed by atoms with Crippen molar-refractivity contribution in [1.82, 2.24) is 9.97 Å². The first-order chi connectivity index (χ1) is 29.3. The Morgan fingerprint density at radius 1 is 0.650 bits per heavy atom. The van der Waals surface area contributed by atoms with Crippen LogP contribution in [-0.4, -0.2) is 46.7 Å². The van der Waals surface area contributed by atoms with Gasteiger partial charge in [0.15, 0.2) is 12.4 Å². The highest BCUT2D eigenvalue weighted by Gasteiger charge is 2.35. The Bertz CT molecular complexity index is 2430. The van der Waals surface area contributed by atoms with Gasteiger partial charge in [0.1, 0.15) is 41.4 Å². The summed E-state index contributed by atoms with van der Waals surface area (Å²) >= 11 is 11.8. The number of amides is 2. The number of aromatic nitrogens is 2. The van der Waals surface area contributed by atoms with Gasteiger partial charge in [0.05, 0.1) is 31.1 Å². The monoisotopic (exact) mass is 843 g/mol. The van der Waals surface area contributed by atoms with Gasteiger partial charge < -0.3 is 29.0 Å². The van der Waals surface area contributed by atoms with Crippen LogP contribution >= 0.6 is 23.2 Å². The van der Waals surface area contributed by atoms with Crippen molar-refractivity contribution in [2.24, 2.45) is 0 Å². The molecule has 2 fully saturated rings. The maximum atomic E-state index is 12.6. The number of carbonyl (C=O) groups is 2. The number of carbonyl (C=O) groups excluding carboxylic acids is 2. The first-order valence-electron chi connectivity index (χ1n) is 19.1. The van der Waals surface area contributed by atoms with Crippen LogP contribution in [0.15, 0.2) is 134 Å². The van der Waals surface area contributed by atoms with Crippen molar-refractivity contribution in [3.05, 3.63) is 155 Å². The van der Waals surface area contributed by atoms with E-state index in [1.54, 1.807) is 53.4 Å². The molecule has 0 spiro atoms. The van der Waals surface area contributed by atoms with Crippen LogP contribution in [0.2, 0.25) is 10.0 Å². The molecule has 60 heavy (non-hydrogen) atoms. The number of hydrogen-bond donors (Lipinski definition) is 1. The average molecular weight is 845 g/mol. The van der Waals surface area contributed by atoms with Crippen LogP contribution in [0.1, 0.15) is 48.9 Å². The van der Waals surface area contributed by atoms with Crippen molar-refractivity contribution in [3.63, 3.8) is 0 Å². The van der Waals surface area contributed by atoms with Crippen LogP contribution < -0.4 is 28.7 Å². The number of benzene rings is 5. The highest BCUT2D eigenvalue weighted by atomic mass is 35.5. The number of aliphatic hydroxyl groups is 1. The van der Waals surface area contributed by atoms with Gasteiger partial charge in [0.2, 0.25) is 17.7 Å². The second-order valence-corrected chi connectivity index (χ2v) is 14.5. The molecule has 6 aromatic rings. The molecule has 3 heterocycles. The predicted octanol–water partition coefficient (Wildman–Crippen LogP) is 10.1. The molecule has 304 valence electrons. The van der Waals surface area contributed by atoms with Crippen LogP contribution in [0.3, 0.4) is 0 Å². The van der Waals surface area contributed by atoms with Crippen molar-refractivity contribution < 1.29 is 33.6 Å². The molecule has 2 atom stereocenters. The third-order valence-electron chi connectivity index (χ3n) is 9.63. The summed E-state index contributed by atoms with van der Waals surface area (Å²) in [7, 11) is 0. The quantitative estimate of drug-likeness (QED) is 0.119. The van der Waals surface area contributed by atoms with E-state index in [0.717, 1.165) is 23.2 Å². The number of ether oxygens (including phenoxy) is 4. The van der Waals surface area contributed by atoms with Crippen LogP contribution in [0.4, 0.5) is 11.5 Å². The minimum Gasteiger partial charge on any atom is -0.491 e. The van der Waals surface area contributed by atoms with Crippen LogP contribution in [0.5, 0.6) is 34.6 Å². The van der Waals surface area contributed by atoms with E-state index in [4.69, 9.17) is 52.5 Å². The van der Waals surface area contributed by atoms with Gasteiger partial charge in [-0.05, 0) is 121 Å². The summed E-state index contributed by atoms with van der Waals surface area (Å²) in [6, 6.07) is 38.4. The molecule has 0 saturated carbocycles. The van der Waals surface area contributed by atoms with E-state index >= 15 is 0 Å². The summed E-state index contributed by atoms with van der Waals surface area (Å²) in [5, 5.41) is 18.9. The van der Waals surface area contributed by atoms with E-state index in [-0.39, 0.29) is 43.7 Å². The van der Waals surface area contributed by atoms with Gasteiger partial charge in [-0.15, -0.1) is 0 Å². The van der Waals surface area contributed by atoms with Gasteiger partial charge in [-0.25, -0.2) is 9.97 Å². The van der Waals surface area contributed by atoms with Gasteiger partial charge in [-0.3, -0.25) is 14.5 Å². The number of nitrogens with zero attached hydrogens (tertiary/aromatic N) is 5. The Labute approximate surface area is 357 Å². The molecule has 2 aliphatic heterocycles. The number of anilines is 2. The first kappa shape index (κ1) is 41.5. The van der Waals surface area contributed by atoms with E-state index in [9.17, 15) is 9.59 Å². The Balaban J connectivity index is 0.000000181. The molecule has 0 radical (unpaired) electrons. The Morgan fingerprint density at radius 2 is 1.18 bits per heavy atom. The fraction of sp³-hybridized carbons (Fsp3) is 0.196. The van der Waals surface area contributed by atoms with E-state index in [1.807, 2.05) is 83.8 Å². The number of halogens is 2. The van der Waals surface area contributed by atoms with Gasteiger partial charge >= 0.3 is 0 Å². The highest BCUT2D eigenvalue weighted by molar-refractivity contribution is 6.30. The normalized spacial score (nSPS) is 15.8. The van der Waals surface area contributed by atoms with Crippen LogP contribution in [0.25, 0.3) is 0 Å². The van der Waals surface area contributed by atoms with E-state index in [1.165, 1.54) is 12.4 Å². The van der Waals surface area contributed by atoms with Gasteiger partial charge in [0, 0.05) is 28.6 Å². The number of rotatable bonds is 13. The second-order valence-electron chi connectivity index (χ2n) is 13.6. The molecule has 0 aliphatic carbocycles. The molecule has 2 amide bonds. The van der Waals surface area contributed by atoms with Crippen LogP contribution in [0, 0.1) is 11.3 Å². The number of aliphatic hydroxyl groups excluding tert-OH is 1. The summed E-state index contributed by atoms with van der Waals surface area (Å²) < 4.78 is 22.4. The zero-order chi connectivity index (χ0) is 41.8. The Kier molecular flexibility index (Phi) is 13.7. The summed E-state index contributed by atoms with van der Waals surface area (Å²) in [5.41, 5.74) is 2.74. The summed E-state index contributed by atoms with van der Waals surface area (Å²) in [5.74, 6) is 4.09. The van der Waals surface area contributed by atoms with E-state index in [0.29, 0.717) is 69.8 Å². The summed E-state index contributed by atoms with van der Waals surface area (Å²) in [6.45, 7) is 0.154. The number of nitriles is 1. The van der Waals surface area contributed by atoms with Crippen molar-refractivity contribution in [1.29, 1.82) is 5.26 Å². The maximum Gasteiger partial charge on any atom is 0.237 e. The van der Waals surface area contributed by atoms with Crippen molar-refractivity contribution in [2.45, 2.75) is 37.8 Å². The standard InChI is InChI=1S/C24H19ClN2O3.C22H20ClN3O4/c25-18-4-8-20(9-5-18)30-21-10-6-19(7-11-21)27-23(12-13-24(27)28)17-2-1-3-22(16-17)29-15-14-26;23-16-4-6-17(7-5-16)30-21-14-24-20(13-25-21)26-19(8-9-22(26)28)15-2-1-3-18(12-15)29-11-10-27/h1-11,16,23H,12-13,15H2;1-7,12-14,19,27H,8-11H2/t23-;19-/m11/s1. The molecule has 1 N–H and O–H groups in total. The predicted molar refractivity (Wildman–Crippen MR) is 227 cm³/mol. The molecule has 0 unspecified atom stereocenters. The molecule has 5 aromatic carbocycles. The lowest BCUT2D eigenvalue weighted by atomic mass is 10.0. The average Bonchev–Trinajstić information content (AvgIpc) is 3.86. The molecule has 8 rings (SSSR count). The second kappa shape index (κ2) is 19.9. The first-order valence-corrected chi connectivity index (χ1v) is 19.9. The Morgan fingerprint density at radius 3 is 1.73 bits per heavy atom. The highest BCUT2D eigenvalue weighted by Crippen LogP contribution is 2.40. The smallest absolute Gasteiger partial charge is 0.237 e. The summed E-state index contributed by atoms with van der Waals surface area (Å²) in [6.07, 6.45) is 5.34. The van der Waals surface area contributed by atoms with E-state index < -0.39 is 0 Å². The molecule has 2 aliphatic rings. The van der Waals surface area contributed by atoms with Crippen molar-refractivity contribution in [2.75, 3.05) is 29.6 Å². The third-order valence-corrected chi connectivity index (χ3v) is 10.1. The lowest BCUT2D eigenvalue weighted by Gasteiger charge is -2.26. The largest absolute Gasteiger partial charge is 0.491 e. The van der Waals surface area contributed by atoms with Crippen molar-refractivity contribution in [3.8, 4) is 40.7 Å². The number of hydrogen-bond acceptors (Lipinski definition) is 10. The Hall–Kier alpha value is -6.65. The fourth-order valence-electron chi connectivity index (χ4n) is 6.94. The third kappa shape index (κ3) is 10.5. The molecule has 14 heteroatoms. The van der Waals surface area contributed by atoms with Gasteiger partial charge in [-0.2, -0.15) is 5.26 Å². The maximum absolute atomic E-state index is 12.6.